The van der Waals surface area contributed by atoms with Gasteiger partial charge in [0.15, 0.2) is 17.6 Å². The maximum atomic E-state index is 12.7. The first kappa shape index (κ1) is 19.9. The number of hydrogen-bond donors (Lipinski definition) is 1. The molecule has 1 aromatic heterocycles. The van der Waals surface area contributed by atoms with Crippen molar-refractivity contribution in [2.75, 3.05) is 12.1 Å². The fourth-order valence-electron chi connectivity index (χ4n) is 4.02. The molecule has 0 unspecified atom stereocenters. The third kappa shape index (κ3) is 3.41. The van der Waals surface area contributed by atoms with E-state index in [1.807, 2.05) is 30.3 Å². The number of nitrogens with zero attached hydrogens (tertiary/aromatic N) is 1. The lowest BCUT2D eigenvalue weighted by Gasteiger charge is -2.14. The number of rotatable bonds is 5. The highest BCUT2D eigenvalue weighted by Gasteiger charge is 2.22. The second kappa shape index (κ2) is 7.92. The highest BCUT2D eigenvalue weighted by molar-refractivity contribution is 6.10. The van der Waals surface area contributed by atoms with Crippen molar-refractivity contribution in [3.05, 3.63) is 66.2 Å². The molecule has 0 saturated heterocycles. The number of nitrogens with one attached hydrogen (secondary N) is 1. The molecule has 1 amide bonds. The molecule has 7 nitrogen and oxygen atoms in total. The number of amides is 1. The maximum Gasteiger partial charge on any atom is 0.339 e. The van der Waals surface area contributed by atoms with Crippen LogP contribution in [0.15, 0.2) is 60.7 Å². The molecule has 162 valence electrons. The standard InChI is InChI=1S/C25H22N2O5/c1-3-27-20-7-5-4-6-18(20)19-13-17(9-10-21(19)27)26-24(28)15(2)32-25(29)16-8-11-22-23(12-16)31-14-30-22/h4-13,15H,3,14H2,1-2H3,(H,26,28)/t15-/m0/s1. The molecular weight excluding hydrogens is 408 g/mol. The van der Waals surface area contributed by atoms with Crippen LogP contribution in [-0.4, -0.2) is 29.3 Å². The molecule has 0 saturated carbocycles. The van der Waals surface area contributed by atoms with Gasteiger partial charge in [-0.1, -0.05) is 18.2 Å². The van der Waals surface area contributed by atoms with Gasteiger partial charge in [-0.05, 0) is 56.3 Å². The molecule has 5 rings (SSSR count). The second-order valence-corrected chi connectivity index (χ2v) is 7.60. The van der Waals surface area contributed by atoms with Gasteiger partial charge >= 0.3 is 5.97 Å². The van der Waals surface area contributed by atoms with Gasteiger partial charge in [-0.2, -0.15) is 0 Å². The number of para-hydroxylation sites is 1. The Morgan fingerprint density at radius 1 is 1.00 bits per heavy atom. The Labute approximate surface area is 184 Å². The second-order valence-electron chi connectivity index (χ2n) is 7.60. The van der Waals surface area contributed by atoms with E-state index in [1.54, 1.807) is 25.1 Å². The van der Waals surface area contributed by atoms with Crippen LogP contribution in [0, 0.1) is 0 Å². The largest absolute Gasteiger partial charge is 0.454 e. The summed E-state index contributed by atoms with van der Waals surface area (Å²) >= 11 is 0. The molecule has 0 spiro atoms. The first-order valence-corrected chi connectivity index (χ1v) is 10.5. The topological polar surface area (TPSA) is 78.8 Å². The van der Waals surface area contributed by atoms with E-state index in [-0.39, 0.29) is 6.79 Å². The lowest BCUT2D eigenvalue weighted by atomic mass is 10.1. The molecule has 7 heteroatoms. The minimum Gasteiger partial charge on any atom is -0.454 e. The van der Waals surface area contributed by atoms with Gasteiger partial charge in [0.2, 0.25) is 6.79 Å². The molecule has 1 aliphatic rings. The molecule has 2 heterocycles. The molecule has 0 aliphatic carbocycles. The quantitative estimate of drug-likeness (QED) is 0.463. The van der Waals surface area contributed by atoms with E-state index in [2.05, 4.69) is 28.9 Å². The predicted octanol–water partition coefficient (Wildman–Crippen LogP) is 4.73. The van der Waals surface area contributed by atoms with Crippen molar-refractivity contribution in [2.45, 2.75) is 26.5 Å². The predicted molar refractivity (Wildman–Crippen MR) is 121 cm³/mol. The summed E-state index contributed by atoms with van der Waals surface area (Å²) < 4.78 is 18.1. The van der Waals surface area contributed by atoms with Gasteiger partial charge in [0, 0.05) is 34.0 Å². The summed E-state index contributed by atoms with van der Waals surface area (Å²) in [4.78, 5) is 25.2. The zero-order valence-corrected chi connectivity index (χ0v) is 17.8. The van der Waals surface area contributed by atoms with Crippen LogP contribution < -0.4 is 14.8 Å². The van der Waals surface area contributed by atoms with Gasteiger partial charge in [-0.15, -0.1) is 0 Å². The molecule has 1 N–H and O–H groups in total. The van der Waals surface area contributed by atoms with Crippen LogP contribution in [0.2, 0.25) is 0 Å². The summed E-state index contributed by atoms with van der Waals surface area (Å²) in [5.41, 5.74) is 3.20. The van der Waals surface area contributed by atoms with Crippen LogP contribution >= 0.6 is 0 Å². The summed E-state index contributed by atoms with van der Waals surface area (Å²) in [6.45, 7) is 4.62. The highest BCUT2D eigenvalue weighted by Crippen LogP contribution is 2.33. The van der Waals surface area contributed by atoms with Crippen molar-refractivity contribution in [3.63, 3.8) is 0 Å². The molecule has 0 fully saturated rings. The minimum absolute atomic E-state index is 0.119. The van der Waals surface area contributed by atoms with E-state index in [0.717, 1.165) is 28.4 Å². The van der Waals surface area contributed by atoms with Crippen molar-refractivity contribution in [3.8, 4) is 11.5 Å². The fourth-order valence-corrected chi connectivity index (χ4v) is 4.02. The van der Waals surface area contributed by atoms with Crippen LogP contribution in [0.4, 0.5) is 5.69 Å². The molecule has 4 aromatic rings. The number of aromatic nitrogens is 1. The SMILES string of the molecule is CCn1c2ccccc2c2cc(NC(=O)[C@H](C)OC(=O)c3ccc4c(c3)OCO4)ccc21. The Morgan fingerprint density at radius 3 is 2.62 bits per heavy atom. The van der Waals surface area contributed by atoms with E-state index in [4.69, 9.17) is 14.2 Å². The van der Waals surface area contributed by atoms with Gasteiger partial charge in [-0.25, -0.2) is 4.79 Å². The van der Waals surface area contributed by atoms with Crippen LogP contribution in [0.25, 0.3) is 21.8 Å². The van der Waals surface area contributed by atoms with E-state index >= 15 is 0 Å². The summed E-state index contributed by atoms with van der Waals surface area (Å²) in [5.74, 6) is 0.0494. The smallest absolute Gasteiger partial charge is 0.339 e. The molecule has 3 aromatic carbocycles. The van der Waals surface area contributed by atoms with Crippen molar-refractivity contribution >= 4 is 39.4 Å². The summed E-state index contributed by atoms with van der Waals surface area (Å²) in [5, 5.41) is 5.04. The Morgan fingerprint density at radius 2 is 1.78 bits per heavy atom. The number of anilines is 1. The van der Waals surface area contributed by atoms with E-state index in [1.165, 1.54) is 0 Å². The zero-order chi connectivity index (χ0) is 22.2. The molecule has 0 bridgehead atoms. The first-order chi connectivity index (χ1) is 15.5. The molecule has 1 atom stereocenters. The number of aryl methyl sites for hydroxylation is 1. The Bertz CT molecular complexity index is 1360. The number of esters is 1. The zero-order valence-electron chi connectivity index (χ0n) is 17.8. The number of carbonyl (C=O) groups excluding carboxylic acids is 2. The molecule has 1 aliphatic heterocycles. The average molecular weight is 430 g/mol. The average Bonchev–Trinajstić information content (AvgIpc) is 3.40. The summed E-state index contributed by atoms with van der Waals surface area (Å²) in [7, 11) is 0. The number of carbonyl (C=O) groups is 2. The van der Waals surface area contributed by atoms with Gasteiger partial charge in [-0.3, -0.25) is 4.79 Å². The minimum atomic E-state index is -0.972. The third-order valence-corrected chi connectivity index (χ3v) is 5.62. The van der Waals surface area contributed by atoms with E-state index in [0.29, 0.717) is 22.7 Å². The molecule has 32 heavy (non-hydrogen) atoms. The van der Waals surface area contributed by atoms with Crippen LogP contribution in [-0.2, 0) is 16.1 Å². The third-order valence-electron chi connectivity index (χ3n) is 5.62. The van der Waals surface area contributed by atoms with Crippen molar-refractivity contribution in [2.24, 2.45) is 0 Å². The van der Waals surface area contributed by atoms with Crippen molar-refractivity contribution in [1.82, 2.24) is 4.57 Å². The normalized spacial score (nSPS) is 13.3. The Kier molecular flexibility index (Phi) is 4.93. The molecular formula is C25H22N2O5. The first-order valence-electron chi connectivity index (χ1n) is 10.5. The van der Waals surface area contributed by atoms with Gasteiger partial charge in [0.25, 0.3) is 5.91 Å². The summed E-state index contributed by atoms with van der Waals surface area (Å²) in [6.07, 6.45) is -0.972. The van der Waals surface area contributed by atoms with E-state index < -0.39 is 18.0 Å². The maximum absolute atomic E-state index is 12.7. The van der Waals surface area contributed by atoms with Crippen LogP contribution in [0.3, 0.4) is 0 Å². The van der Waals surface area contributed by atoms with E-state index in [9.17, 15) is 9.59 Å². The Balaban J connectivity index is 1.33. The lowest BCUT2D eigenvalue weighted by molar-refractivity contribution is -0.123. The van der Waals surface area contributed by atoms with Crippen LogP contribution in [0.1, 0.15) is 24.2 Å². The van der Waals surface area contributed by atoms with Crippen molar-refractivity contribution < 1.29 is 23.8 Å². The Hall–Kier alpha value is -4.00. The number of ether oxygens (including phenoxy) is 3. The lowest BCUT2D eigenvalue weighted by Crippen LogP contribution is -2.30. The number of hydrogen-bond acceptors (Lipinski definition) is 5. The van der Waals surface area contributed by atoms with Gasteiger partial charge < -0.3 is 24.1 Å². The van der Waals surface area contributed by atoms with Gasteiger partial charge in [0.1, 0.15) is 0 Å². The fraction of sp³-hybridized carbons (Fsp3) is 0.200. The highest BCUT2D eigenvalue weighted by atomic mass is 16.7. The van der Waals surface area contributed by atoms with Gasteiger partial charge in [0.05, 0.1) is 5.56 Å². The monoisotopic (exact) mass is 430 g/mol. The number of fused-ring (bicyclic) bond motifs is 4. The number of benzene rings is 3. The summed E-state index contributed by atoms with van der Waals surface area (Å²) in [6, 6.07) is 18.8. The van der Waals surface area contributed by atoms with Crippen molar-refractivity contribution in [1.29, 1.82) is 0 Å². The van der Waals surface area contributed by atoms with Crippen LogP contribution in [0.5, 0.6) is 11.5 Å². The molecule has 0 radical (unpaired) electrons.